The summed E-state index contributed by atoms with van der Waals surface area (Å²) in [7, 11) is 0. The molecule has 0 spiro atoms. The van der Waals surface area contributed by atoms with Crippen LogP contribution in [0.25, 0.3) is 0 Å². The fourth-order valence-corrected chi connectivity index (χ4v) is 1.97. The third-order valence-electron chi connectivity index (χ3n) is 2.52. The van der Waals surface area contributed by atoms with Gasteiger partial charge in [0, 0.05) is 35.3 Å². The van der Waals surface area contributed by atoms with Crippen molar-refractivity contribution in [3.05, 3.63) is 36.3 Å². The molecule has 2 heteroatoms. The summed E-state index contributed by atoms with van der Waals surface area (Å²) in [4.78, 5) is 4.14. The number of rotatable bonds is 1. The van der Waals surface area contributed by atoms with Crippen LogP contribution in [0.15, 0.2) is 30.7 Å². The molecule has 0 fully saturated rings. The number of pyridine rings is 1. The summed E-state index contributed by atoms with van der Waals surface area (Å²) in [6.07, 6.45) is 3.74. The maximum atomic E-state index is 4.14. The fraction of sp³-hybridized carbons (Fsp3) is 0.364. The summed E-state index contributed by atoms with van der Waals surface area (Å²) < 4.78 is 0. The van der Waals surface area contributed by atoms with E-state index < -0.39 is 0 Å². The van der Waals surface area contributed by atoms with Gasteiger partial charge in [0.25, 0.3) is 0 Å². The fourth-order valence-electron chi connectivity index (χ4n) is 1.97. The minimum Gasteiger partial charge on any atom is -0.359 e. The molecule has 1 aromatic heterocycles. The molecule has 2 heterocycles. The number of nitrogens with zero attached hydrogens (tertiary/aromatic N) is 1. The summed E-state index contributed by atoms with van der Waals surface area (Å²) in [5.74, 6) is 0.995. The Hall–Kier alpha value is -1.31. The highest BCUT2D eigenvalue weighted by molar-refractivity contribution is 5.63. The Balaban J connectivity index is 2.46. The second-order valence-corrected chi connectivity index (χ2v) is 3.83. The Morgan fingerprint density at radius 3 is 3.00 bits per heavy atom. The normalized spacial score (nSPS) is 20.2. The monoisotopic (exact) mass is 174 g/mol. The van der Waals surface area contributed by atoms with E-state index in [1.165, 1.54) is 11.3 Å². The molecule has 0 radical (unpaired) electrons. The van der Waals surface area contributed by atoms with Crippen molar-refractivity contribution in [2.75, 3.05) is 5.32 Å². The van der Waals surface area contributed by atoms with Gasteiger partial charge in [-0.25, -0.2) is 0 Å². The molecule has 2 rings (SSSR count). The zero-order valence-corrected chi connectivity index (χ0v) is 8.04. The van der Waals surface area contributed by atoms with Gasteiger partial charge >= 0.3 is 0 Å². The molecular formula is C11H14N2. The third kappa shape index (κ3) is 1.22. The van der Waals surface area contributed by atoms with Crippen molar-refractivity contribution in [3.63, 3.8) is 0 Å². The first kappa shape index (κ1) is 8.30. The van der Waals surface area contributed by atoms with Crippen molar-refractivity contribution in [1.29, 1.82) is 0 Å². The topological polar surface area (TPSA) is 24.9 Å². The molecular weight excluding hydrogens is 160 g/mol. The van der Waals surface area contributed by atoms with Gasteiger partial charge in [0.05, 0.1) is 0 Å². The van der Waals surface area contributed by atoms with Crippen LogP contribution in [0, 0.1) is 5.92 Å². The lowest BCUT2D eigenvalue weighted by atomic mass is 9.89. The van der Waals surface area contributed by atoms with Gasteiger partial charge in [0.2, 0.25) is 0 Å². The second kappa shape index (κ2) is 2.87. The largest absolute Gasteiger partial charge is 0.359 e. The van der Waals surface area contributed by atoms with Crippen LogP contribution >= 0.6 is 0 Å². The molecule has 0 bridgehead atoms. The van der Waals surface area contributed by atoms with Crippen LogP contribution < -0.4 is 5.32 Å². The predicted octanol–water partition coefficient (Wildman–Crippen LogP) is 2.76. The Bertz CT molecular complexity index is 342. The van der Waals surface area contributed by atoms with Crippen LogP contribution in [0.2, 0.25) is 0 Å². The maximum Gasteiger partial charge on any atom is 0.0452 e. The van der Waals surface area contributed by atoms with Crippen LogP contribution in [0.1, 0.15) is 25.3 Å². The van der Waals surface area contributed by atoms with Crippen LogP contribution in [0.5, 0.6) is 0 Å². The van der Waals surface area contributed by atoms with Gasteiger partial charge in [-0.1, -0.05) is 20.4 Å². The quantitative estimate of drug-likeness (QED) is 0.708. The summed E-state index contributed by atoms with van der Waals surface area (Å²) in [6, 6.07) is 2.00. The number of aromatic nitrogens is 1. The number of nitrogens with one attached hydrogen (secondary N) is 1. The van der Waals surface area contributed by atoms with E-state index in [9.17, 15) is 0 Å². The molecule has 1 N–H and O–H groups in total. The molecule has 0 saturated heterocycles. The van der Waals surface area contributed by atoms with Crippen molar-refractivity contribution in [2.24, 2.45) is 5.92 Å². The maximum absolute atomic E-state index is 4.14. The summed E-state index contributed by atoms with van der Waals surface area (Å²) in [5, 5.41) is 3.29. The first-order chi connectivity index (χ1) is 6.20. The first-order valence-corrected chi connectivity index (χ1v) is 4.60. The zero-order chi connectivity index (χ0) is 9.42. The lowest BCUT2D eigenvalue weighted by Crippen LogP contribution is -2.05. The Labute approximate surface area is 78.7 Å². The predicted molar refractivity (Wildman–Crippen MR) is 54.6 cm³/mol. The van der Waals surface area contributed by atoms with Gasteiger partial charge in [-0.3, -0.25) is 4.98 Å². The smallest absolute Gasteiger partial charge is 0.0452 e. The molecule has 0 aliphatic carbocycles. The van der Waals surface area contributed by atoms with E-state index in [2.05, 4.69) is 30.7 Å². The molecule has 1 aliphatic heterocycles. The highest BCUT2D eigenvalue weighted by atomic mass is 14.9. The lowest BCUT2D eigenvalue weighted by molar-refractivity contribution is 0.570. The van der Waals surface area contributed by atoms with Crippen molar-refractivity contribution in [1.82, 2.24) is 4.98 Å². The van der Waals surface area contributed by atoms with Crippen molar-refractivity contribution >= 4 is 5.69 Å². The first-order valence-electron chi connectivity index (χ1n) is 4.60. The van der Waals surface area contributed by atoms with E-state index in [0.29, 0.717) is 11.8 Å². The van der Waals surface area contributed by atoms with E-state index in [1.807, 2.05) is 18.5 Å². The molecule has 2 nitrogen and oxygen atoms in total. The number of hydrogen-bond donors (Lipinski definition) is 1. The van der Waals surface area contributed by atoms with Gasteiger partial charge in [0.15, 0.2) is 0 Å². The molecule has 1 atom stereocenters. The molecule has 1 unspecified atom stereocenters. The van der Waals surface area contributed by atoms with E-state index in [0.717, 1.165) is 5.70 Å². The van der Waals surface area contributed by atoms with Crippen LogP contribution in [0.4, 0.5) is 5.69 Å². The minimum absolute atomic E-state index is 0.420. The zero-order valence-electron chi connectivity index (χ0n) is 8.04. The summed E-state index contributed by atoms with van der Waals surface area (Å²) in [5.41, 5.74) is 3.54. The van der Waals surface area contributed by atoms with Crippen molar-refractivity contribution < 1.29 is 0 Å². The average Bonchev–Trinajstić information content (AvgIpc) is 2.39. The van der Waals surface area contributed by atoms with E-state index in [-0.39, 0.29) is 0 Å². The van der Waals surface area contributed by atoms with Crippen LogP contribution in [-0.2, 0) is 0 Å². The van der Waals surface area contributed by atoms with Gasteiger partial charge < -0.3 is 5.32 Å². The second-order valence-electron chi connectivity index (χ2n) is 3.83. The Kier molecular flexibility index (Phi) is 1.83. The highest BCUT2D eigenvalue weighted by Gasteiger charge is 2.27. The summed E-state index contributed by atoms with van der Waals surface area (Å²) in [6.45, 7) is 8.45. The molecule has 68 valence electrons. The number of anilines is 1. The number of hydrogen-bond acceptors (Lipinski definition) is 2. The summed E-state index contributed by atoms with van der Waals surface area (Å²) >= 11 is 0. The van der Waals surface area contributed by atoms with Crippen LogP contribution in [0.3, 0.4) is 0 Å². The Morgan fingerprint density at radius 1 is 1.54 bits per heavy atom. The molecule has 0 amide bonds. The molecule has 0 aromatic carbocycles. The Morgan fingerprint density at radius 2 is 2.31 bits per heavy atom. The molecule has 1 aromatic rings. The SMILES string of the molecule is C=C1Nc2ccncc2C1C(C)C. The van der Waals surface area contributed by atoms with E-state index >= 15 is 0 Å². The molecule has 1 aliphatic rings. The molecule has 13 heavy (non-hydrogen) atoms. The average molecular weight is 174 g/mol. The van der Waals surface area contributed by atoms with E-state index in [1.54, 1.807) is 0 Å². The standard InChI is InChI=1S/C11H14N2/c1-7(2)11-8(3)13-10-4-5-12-6-9(10)11/h4-7,11,13H,3H2,1-2H3. The minimum atomic E-state index is 0.420. The highest BCUT2D eigenvalue weighted by Crippen LogP contribution is 2.41. The van der Waals surface area contributed by atoms with Crippen molar-refractivity contribution in [3.8, 4) is 0 Å². The number of allylic oxidation sites excluding steroid dienone is 1. The molecule has 0 saturated carbocycles. The lowest BCUT2D eigenvalue weighted by Gasteiger charge is -2.15. The third-order valence-corrected chi connectivity index (χ3v) is 2.52. The van der Waals surface area contributed by atoms with Gasteiger partial charge in [-0.05, 0) is 12.0 Å². The van der Waals surface area contributed by atoms with E-state index in [4.69, 9.17) is 0 Å². The van der Waals surface area contributed by atoms with Crippen molar-refractivity contribution in [2.45, 2.75) is 19.8 Å². The van der Waals surface area contributed by atoms with Gasteiger partial charge in [-0.15, -0.1) is 0 Å². The van der Waals surface area contributed by atoms with Gasteiger partial charge in [-0.2, -0.15) is 0 Å². The number of fused-ring (bicyclic) bond motifs is 1. The van der Waals surface area contributed by atoms with Gasteiger partial charge in [0.1, 0.15) is 0 Å². The van der Waals surface area contributed by atoms with Crippen LogP contribution in [-0.4, -0.2) is 4.98 Å².